The molecule has 0 radical (unpaired) electrons. The predicted octanol–water partition coefficient (Wildman–Crippen LogP) is 3.74. The van der Waals surface area contributed by atoms with Gasteiger partial charge in [-0.3, -0.25) is 0 Å². The van der Waals surface area contributed by atoms with E-state index in [0.717, 1.165) is 30.9 Å². The van der Waals surface area contributed by atoms with Crippen molar-refractivity contribution < 1.29 is 9.15 Å². The highest BCUT2D eigenvalue weighted by Gasteiger charge is 2.28. The molecule has 112 valence electrons. The van der Waals surface area contributed by atoms with Crippen molar-refractivity contribution in [3.05, 3.63) is 48.4 Å². The second-order valence-electron chi connectivity index (χ2n) is 5.31. The molecule has 0 fully saturated rings. The molecule has 21 heavy (non-hydrogen) atoms. The molecule has 0 saturated carbocycles. The molecule has 2 heterocycles. The summed E-state index contributed by atoms with van der Waals surface area (Å²) in [6.07, 6.45) is 5.80. The van der Waals surface area contributed by atoms with E-state index in [-0.39, 0.29) is 6.10 Å². The Kier molecular flexibility index (Phi) is 4.88. The molecule has 2 atom stereocenters. The SMILES string of the molecule is CCCNC(Cc1ccoc1)C1CSc2ccccc2O1. The van der Waals surface area contributed by atoms with Crippen molar-refractivity contribution in [2.45, 2.75) is 36.8 Å². The van der Waals surface area contributed by atoms with Crippen LogP contribution in [0.3, 0.4) is 0 Å². The first-order chi connectivity index (χ1) is 10.4. The number of benzene rings is 1. The van der Waals surface area contributed by atoms with Crippen LogP contribution >= 0.6 is 11.8 Å². The summed E-state index contributed by atoms with van der Waals surface area (Å²) in [6, 6.07) is 10.6. The number of thioether (sulfide) groups is 1. The van der Waals surface area contributed by atoms with Crippen molar-refractivity contribution in [3.8, 4) is 5.75 Å². The van der Waals surface area contributed by atoms with Gasteiger partial charge >= 0.3 is 0 Å². The third-order valence-electron chi connectivity index (χ3n) is 3.67. The van der Waals surface area contributed by atoms with Crippen molar-refractivity contribution in [1.82, 2.24) is 5.32 Å². The number of rotatable bonds is 6. The summed E-state index contributed by atoms with van der Waals surface area (Å²) in [7, 11) is 0. The van der Waals surface area contributed by atoms with Gasteiger partial charge in [-0.15, -0.1) is 11.8 Å². The molecule has 3 rings (SSSR count). The summed E-state index contributed by atoms with van der Waals surface area (Å²) < 4.78 is 11.4. The molecular formula is C17H21NO2S. The van der Waals surface area contributed by atoms with E-state index in [1.807, 2.05) is 30.2 Å². The Morgan fingerprint density at radius 1 is 1.33 bits per heavy atom. The highest BCUT2D eigenvalue weighted by Crippen LogP contribution is 2.36. The predicted molar refractivity (Wildman–Crippen MR) is 86.1 cm³/mol. The van der Waals surface area contributed by atoms with E-state index in [9.17, 15) is 0 Å². The molecule has 4 heteroatoms. The minimum atomic E-state index is 0.186. The zero-order chi connectivity index (χ0) is 14.5. The molecule has 1 aliphatic heterocycles. The minimum Gasteiger partial charge on any atom is -0.487 e. The van der Waals surface area contributed by atoms with Gasteiger partial charge < -0.3 is 14.5 Å². The van der Waals surface area contributed by atoms with Crippen molar-refractivity contribution in [1.29, 1.82) is 0 Å². The Morgan fingerprint density at radius 3 is 3.05 bits per heavy atom. The van der Waals surface area contributed by atoms with Gasteiger partial charge in [0.25, 0.3) is 0 Å². The molecule has 1 aromatic carbocycles. The highest BCUT2D eigenvalue weighted by molar-refractivity contribution is 7.99. The number of hydrogen-bond acceptors (Lipinski definition) is 4. The van der Waals surface area contributed by atoms with Gasteiger partial charge in [0.2, 0.25) is 0 Å². The molecular weight excluding hydrogens is 282 g/mol. The second kappa shape index (κ2) is 7.05. The van der Waals surface area contributed by atoms with Crippen molar-refractivity contribution in [2.24, 2.45) is 0 Å². The van der Waals surface area contributed by atoms with E-state index >= 15 is 0 Å². The van der Waals surface area contributed by atoms with E-state index in [1.165, 1.54) is 10.5 Å². The van der Waals surface area contributed by atoms with E-state index < -0.39 is 0 Å². The topological polar surface area (TPSA) is 34.4 Å². The number of furan rings is 1. The number of ether oxygens (including phenoxy) is 1. The van der Waals surface area contributed by atoms with E-state index in [1.54, 1.807) is 6.26 Å². The first-order valence-electron chi connectivity index (χ1n) is 7.49. The maximum absolute atomic E-state index is 6.23. The van der Waals surface area contributed by atoms with Crippen molar-refractivity contribution in [2.75, 3.05) is 12.3 Å². The van der Waals surface area contributed by atoms with Crippen molar-refractivity contribution in [3.63, 3.8) is 0 Å². The summed E-state index contributed by atoms with van der Waals surface area (Å²) in [6.45, 7) is 3.20. The third-order valence-corrected chi connectivity index (χ3v) is 4.82. The van der Waals surface area contributed by atoms with Crippen LogP contribution in [0.2, 0.25) is 0 Å². The number of nitrogens with one attached hydrogen (secondary N) is 1. The number of hydrogen-bond donors (Lipinski definition) is 1. The molecule has 2 aromatic rings. The molecule has 3 nitrogen and oxygen atoms in total. The molecule has 0 bridgehead atoms. The third kappa shape index (κ3) is 3.63. The van der Waals surface area contributed by atoms with E-state index in [4.69, 9.17) is 9.15 Å². The maximum Gasteiger partial charge on any atom is 0.133 e. The van der Waals surface area contributed by atoms with Gasteiger partial charge in [0, 0.05) is 16.7 Å². The normalized spacial score (nSPS) is 18.8. The first kappa shape index (κ1) is 14.5. The lowest BCUT2D eigenvalue weighted by molar-refractivity contribution is 0.165. The Labute approximate surface area is 130 Å². The Bertz CT molecular complexity index is 556. The molecule has 1 aromatic heterocycles. The average molecular weight is 303 g/mol. The summed E-state index contributed by atoms with van der Waals surface area (Å²) in [4.78, 5) is 1.24. The standard InChI is InChI=1S/C17H21NO2S/c1-2-8-18-14(10-13-7-9-19-11-13)16-12-21-17-6-4-3-5-15(17)20-16/h3-7,9,11,14,16,18H,2,8,10,12H2,1H3. The molecule has 0 saturated heterocycles. The first-order valence-corrected chi connectivity index (χ1v) is 8.48. The smallest absolute Gasteiger partial charge is 0.133 e. The van der Waals surface area contributed by atoms with E-state index in [0.29, 0.717) is 6.04 Å². The van der Waals surface area contributed by atoms with Gasteiger partial charge in [-0.05, 0) is 43.1 Å². The Hall–Kier alpha value is -1.39. The van der Waals surface area contributed by atoms with Crippen LogP contribution in [0, 0.1) is 0 Å². The second-order valence-corrected chi connectivity index (χ2v) is 6.37. The monoisotopic (exact) mass is 303 g/mol. The van der Waals surface area contributed by atoms with Crippen molar-refractivity contribution >= 4 is 11.8 Å². The van der Waals surface area contributed by atoms with Gasteiger partial charge in [-0.2, -0.15) is 0 Å². The molecule has 0 aliphatic carbocycles. The molecule has 1 aliphatic rings. The van der Waals surface area contributed by atoms with Crippen LogP contribution in [0.15, 0.2) is 52.2 Å². The molecule has 1 N–H and O–H groups in total. The lowest BCUT2D eigenvalue weighted by Crippen LogP contribution is -2.47. The largest absolute Gasteiger partial charge is 0.487 e. The zero-order valence-corrected chi connectivity index (χ0v) is 13.1. The lowest BCUT2D eigenvalue weighted by atomic mass is 10.0. The number of fused-ring (bicyclic) bond motifs is 1. The van der Waals surface area contributed by atoms with Crippen LogP contribution in [0.25, 0.3) is 0 Å². The van der Waals surface area contributed by atoms with Gasteiger partial charge in [0.15, 0.2) is 0 Å². The minimum absolute atomic E-state index is 0.186. The molecule has 0 spiro atoms. The van der Waals surface area contributed by atoms with Gasteiger partial charge in [0.1, 0.15) is 11.9 Å². The zero-order valence-electron chi connectivity index (χ0n) is 12.2. The van der Waals surface area contributed by atoms with Gasteiger partial charge in [-0.25, -0.2) is 0 Å². The van der Waals surface area contributed by atoms with E-state index in [2.05, 4.69) is 30.4 Å². The van der Waals surface area contributed by atoms with Gasteiger partial charge in [0.05, 0.1) is 12.5 Å². The fraction of sp³-hybridized carbons (Fsp3) is 0.412. The number of para-hydroxylation sites is 1. The maximum atomic E-state index is 6.23. The fourth-order valence-electron chi connectivity index (χ4n) is 2.56. The Balaban J connectivity index is 1.71. The summed E-state index contributed by atoms with van der Waals surface area (Å²) in [5, 5.41) is 3.63. The summed E-state index contributed by atoms with van der Waals surface area (Å²) in [5.41, 5.74) is 1.22. The summed E-state index contributed by atoms with van der Waals surface area (Å²) in [5.74, 6) is 1.99. The van der Waals surface area contributed by atoms with Crippen LogP contribution < -0.4 is 10.1 Å². The lowest BCUT2D eigenvalue weighted by Gasteiger charge is -2.32. The van der Waals surface area contributed by atoms with Crippen LogP contribution in [-0.4, -0.2) is 24.4 Å². The highest BCUT2D eigenvalue weighted by atomic mass is 32.2. The Morgan fingerprint density at radius 2 is 2.24 bits per heavy atom. The quantitative estimate of drug-likeness (QED) is 0.881. The molecule has 0 amide bonds. The van der Waals surface area contributed by atoms with Crippen LogP contribution in [-0.2, 0) is 6.42 Å². The fourth-order valence-corrected chi connectivity index (χ4v) is 3.64. The van der Waals surface area contributed by atoms with Crippen LogP contribution in [0.4, 0.5) is 0 Å². The average Bonchev–Trinajstić information content (AvgIpc) is 3.04. The van der Waals surface area contributed by atoms with Crippen LogP contribution in [0.1, 0.15) is 18.9 Å². The summed E-state index contributed by atoms with van der Waals surface area (Å²) >= 11 is 1.88. The molecule has 2 unspecified atom stereocenters. The van der Waals surface area contributed by atoms with Gasteiger partial charge in [-0.1, -0.05) is 19.1 Å². The van der Waals surface area contributed by atoms with Crippen LogP contribution in [0.5, 0.6) is 5.75 Å².